The predicted octanol–water partition coefficient (Wildman–Crippen LogP) is 9.18. The van der Waals surface area contributed by atoms with Gasteiger partial charge < -0.3 is 0 Å². The summed E-state index contributed by atoms with van der Waals surface area (Å²) in [6.07, 6.45) is 4.59. The molecule has 0 atom stereocenters. The molecule has 3 aromatic rings. The first-order chi connectivity index (χ1) is 16.1. The van der Waals surface area contributed by atoms with Crippen molar-refractivity contribution >= 4 is 0 Å². The van der Waals surface area contributed by atoms with Crippen LogP contribution < -0.4 is 0 Å². The minimum Gasteiger partial charge on any atom is -0.206 e. The lowest BCUT2D eigenvalue weighted by Crippen LogP contribution is -2.41. The Balaban J connectivity index is 1.84. The molecule has 0 fully saturated rings. The van der Waals surface area contributed by atoms with Gasteiger partial charge in [0, 0.05) is 5.56 Å². The van der Waals surface area contributed by atoms with E-state index in [1.165, 1.54) is 24.3 Å². The lowest BCUT2D eigenvalue weighted by atomic mass is 9.78. The lowest BCUT2D eigenvalue weighted by Gasteiger charge is -2.36. The molecule has 0 nitrogen and oxygen atoms in total. The highest BCUT2D eigenvalue weighted by atomic mass is 19.3. The number of rotatable bonds is 7. The zero-order chi connectivity index (χ0) is 24.7. The fourth-order valence-corrected chi connectivity index (χ4v) is 4.69. The summed E-state index contributed by atoms with van der Waals surface area (Å²) >= 11 is 0. The van der Waals surface area contributed by atoms with Gasteiger partial charge in [0.05, 0.1) is 11.1 Å². The first kappa shape index (κ1) is 24.4. The van der Waals surface area contributed by atoms with Crippen molar-refractivity contribution in [3.05, 3.63) is 82.4 Å². The maximum atomic E-state index is 15.5. The monoisotopic (exact) mass is 476 g/mol. The van der Waals surface area contributed by atoms with E-state index in [4.69, 9.17) is 0 Å². The Kier molecular flexibility index (Phi) is 6.54. The minimum atomic E-state index is -4.92. The van der Waals surface area contributed by atoms with E-state index in [0.29, 0.717) is 12.0 Å². The molecule has 180 valence electrons. The van der Waals surface area contributed by atoms with Crippen molar-refractivity contribution in [2.75, 3.05) is 0 Å². The van der Waals surface area contributed by atoms with Crippen molar-refractivity contribution in [1.29, 1.82) is 0 Å². The lowest BCUT2D eigenvalue weighted by molar-refractivity contribution is -0.227. The molecular formula is C28H26F6. The third-order valence-corrected chi connectivity index (χ3v) is 6.53. The zero-order valence-electron chi connectivity index (χ0n) is 19.1. The van der Waals surface area contributed by atoms with Crippen LogP contribution in [0, 0.1) is 11.6 Å². The molecule has 3 aromatic carbocycles. The molecule has 0 N–H and O–H groups in total. The van der Waals surface area contributed by atoms with Gasteiger partial charge in [0.25, 0.3) is 0 Å². The van der Waals surface area contributed by atoms with E-state index < -0.39 is 45.7 Å². The predicted molar refractivity (Wildman–Crippen MR) is 122 cm³/mol. The van der Waals surface area contributed by atoms with Crippen LogP contribution in [-0.4, -0.2) is 0 Å². The largest absolute Gasteiger partial charge is 0.343 e. The maximum Gasteiger partial charge on any atom is 0.343 e. The Morgan fingerprint density at radius 3 is 1.74 bits per heavy atom. The second-order valence-corrected chi connectivity index (χ2v) is 8.86. The smallest absolute Gasteiger partial charge is 0.206 e. The molecule has 0 heterocycles. The fraction of sp³-hybridized carbons (Fsp3) is 0.357. The molecule has 0 unspecified atom stereocenters. The molecule has 1 aliphatic carbocycles. The van der Waals surface area contributed by atoms with Gasteiger partial charge in [-0.1, -0.05) is 81.6 Å². The summed E-state index contributed by atoms with van der Waals surface area (Å²) in [5.41, 5.74) is -2.48. The van der Waals surface area contributed by atoms with Gasteiger partial charge in [-0.3, -0.25) is 0 Å². The normalized spacial score (nSPS) is 15.6. The van der Waals surface area contributed by atoms with E-state index in [9.17, 15) is 4.39 Å². The Labute approximate surface area is 195 Å². The first-order valence-electron chi connectivity index (χ1n) is 11.6. The summed E-state index contributed by atoms with van der Waals surface area (Å²) in [5.74, 6) is -12.6. The summed E-state index contributed by atoms with van der Waals surface area (Å²) < 4.78 is 91.0. The van der Waals surface area contributed by atoms with Crippen LogP contribution in [0.5, 0.6) is 0 Å². The third-order valence-electron chi connectivity index (χ3n) is 6.53. The number of halogens is 6. The van der Waals surface area contributed by atoms with E-state index in [0.717, 1.165) is 31.2 Å². The molecule has 0 amide bonds. The average molecular weight is 477 g/mol. The Morgan fingerprint density at radius 1 is 0.588 bits per heavy atom. The van der Waals surface area contributed by atoms with Crippen LogP contribution in [0.15, 0.2) is 48.5 Å². The van der Waals surface area contributed by atoms with Crippen molar-refractivity contribution in [3.63, 3.8) is 0 Å². The molecule has 0 spiro atoms. The van der Waals surface area contributed by atoms with E-state index in [1.54, 1.807) is 31.2 Å². The van der Waals surface area contributed by atoms with Crippen molar-refractivity contribution in [1.82, 2.24) is 0 Å². The highest BCUT2D eigenvalue weighted by Crippen LogP contribution is 2.60. The molecule has 6 heteroatoms. The van der Waals surface area contributed by atoms with Crippen LogP contribution in [0.4, 0.5) is 26.3 Å². The number of benzene rings is 3. The summed E-state index contributed by atoms with van der Waals surface area (Å²) in [4.78, 5) is 0. The van der Waals surface area contributed by atoms with Crippen LogP contribution >= 0.6 is 0 Å². The van der Waals surface area contributed by atoms with Crippen LogP contribution in [0.25, 0.3) is 22.3 Å². The molecule has 1 aliphatic rings. The highest BCUT2D eigenvalue weighted by Gasteiger charge is 2.65. The molecule has 0 aliphatic heterocycles. The number of alkyl halides is 4. The van der Waals surface area contributed by atoms with Gasteiger partial charge in [0.1, 0.15) is 11.6 Å². The molecule has 34 heavy (non-hydrogen) atoms. The molecular weight excluding hydrogens is 450 g/mol. The van der Waals surface area contributed by atoms with Gasteiger partial charge in [-0.15, -0.1) is 0 Å². The Morgan fingerprint density at radius 2 is 1.15 bits per heavy atom. The van der Waals surface area contributed by atoms with E-state index in [-0.39, 0.29) is 17.5 Å². The summed E-state index contributed by atoms with van der Waals surface area (Å²) in [6.45, 7) is 3.83. The first-order valence-corrected chi connectivity index (χ1v) is 11.6. The van der Waals surface area contributed by atoms with Crippen LogP contribution in [0.2, 0.25) is 0 Å². The number of unbranched alkanes of at least 4 members (excludes halogenated alkanes) is 2. The summed E-state index contributed by atoms with van der Waals surface area (Å²) in [7, 11) is 0. The second-order valence-electron chi connectivity index (χ2n) is 8.86. The topological polar surface area (TPSA) is 0 Å². The van der Waals surface area contributed by atoms with Gasteiger partial charge in [-0.25, -0.2) is 8.78 Å². The zero-order valence-corrected chi connectivity index (χ0v) is 19.1. The molecule has 0 saturated carbocycles. The van der Waals surface area contributed by atoms with E-state index in [2.05, 4.69) is 6.92 Å². The van der Waals surface area contributed by atoms with Crippen LogP contribution in [-0.2, 0) is 24.7 Å². The SMILES string of the molecule is CCCCCc1ccc(-c2ccc3c(c2F)C(F)(F)C(F)(F)c2c-3ccc(CCC)c2F)cc1. The molecule has 0 aromatic heterocycles. The van der Waals surface area contributed by atoms with Crippen molar-refractivity contribution < 1.29 is 26.3 Å². The Bertz CT molecular complexity index is 1190. The molecule has 0 saturated heterocycles. The van der Waals surface area contributed by atoms with E-state index >= 15 is 22.0 Å². The number of hydrogen-bond acceptors (Lipinski definition) is 0. The number of fused-ring (bicyclic) bond motifs is 3. The van der Waals surface area contributed by atoms with Gasteiger partial charge in [-0.05, 0) is 47.1 Å². The summed E-state index contributed by atoms with van der Waals surface area (Å²) in [5, 5.41) is 0. The summed E-state index contributed by atoms with van der Waals surface area (Å²) in [6, 6.07) is 11.8. The van der Waals surface area contributed by atoms with Crippen molar-refractivity contribution in [2.45, 2.75) is 64.2 Å². The highest BCUT2D eigenvalue weighted by molar-refractivity contribution is 5.80. The van der Waals surface area contributed by atoms with Crippen molar-refractivity contribution in [3.8, 4) is 22.3 Å². The van der Waals surface area contributed by atoms with Gasteiger partial charge in [0.2, 0.25) is 0 Å². The van der Waals surface area contributed by atoms with Crippen LogP contribution in [0.1, 0.15) is 61.8 Å². The van der Waals surface area contributed by atoms with E-state index in [1.807, 2.05) is 0 Å². The van der Waals surface area contributed by atoms with Gasteiger partial charge in [-0.2, -0.15) is 17.6 Å². The fourth-order valence-electron chi connectivity index (χ4n) is 4.69. The minimum absolute atomic E-state index is 0.0590. The number of aryl methyl sites for hydroxylation is 2. The van der Waals surface area contributed by atoms with Crippen LogP contribution in [0.3, 0.4) is 0 Å². The third kappa shape index (κ3) is 3.81. The Hall–Kier alpha value is -2.76. The van der Waals surface area contributed by atoms with Crippen molar-refractivity contribution in [2.24, 2.45) is 0 Å². The standard InChI is InChI=1S/C28H26F6/c1-3-5-6-8-17-9-11-18(12-10-17)20-15-16-22-21-14-13-19(7-4-2)25(29)23(21)27(31,32)28(33,34)24(22)26(20)30/h9-16H,3-8H2,1-2H3. The molecule has 0 bridgehead atoms. The average Bonchev–Trinajstić information content (AvgIpc) is 2.80. The second kappa shape index (κ2) is 9.12. The molecule has 4 rings (SSSR count). The van der Waals surface area contributed by atoms with Gasteiger partial charge in [0.15, 0.2) is 0 Å². The number of hydrogen-bond donors (Lipinski definition) is 0. The van der Waals surface area contributed by atoms with Gasteiger partial charge >= 0.3 is 11.8 Å². The molecule has 0 radical (unpaired) electrons. The quantitative estimate of drug-likeness (QED) is 0.236. The maximum absolute atomic E-state index is 15.5.